The number of carbonyl (C=O) groups is 1. The summed E-state index contributed by atoms with van der Waals surface area (Å²) >= 11 is 3.40. The summed E-state index contributed by atoms with van der Waals surface area (Å²) in [5.41, 5.74) is 0. The van der Waals surface area contributed by atoms with E-state index >= 15 is 0 Å². The van der Waals surface area contributed by atoms with Gasteiger partial charge in [0.05, 0.1) is 13.2 Å². The zero-order valence-electron chi connectivity index (χ0n) is 19.7. The van der Waals surface area contributed by atoms with Gasteiger partial charge in [0, 0.05) is 43.0 Å². The third kappa shape index (κ3) is 6.48. The van der Waals surface area contributed by atoms with Gasteiger partial charge in [0.25, 0.3) is 0 Å². The number of ether oxygens (including phenoxy) is 1. The molecule has 0 aliphatic carbocycles. The van der Waals surface area contributed by atoms with Crippen LogP contribution in [0.5, 0.6) is 5.75 Å². The van der Waals surface area contributed by atoms with E-state index < -0.39 is 22.2 Å². The number of aliphatic hydroxyl groups excluding tert-OH is 1. The van der Waals surface area contributed by atoms with E-state index in [1.807, 2.05) is 6.92 Å². The molecule has 2 heterocycles. The SMILES string of the molecule is C[C@H]1CN([C@@H](C)CO)S(=O)(=O)c2ccc(Br)cc2O[C@H]1CN(C)C(=O)CCN1CCCCC1. The molecule has 186 valence electrons. The Morgan fingerprint density at radius 3 is 2.67 bits per heavy atom. The second kappa shape index (κ2) is 11.5. The van der Waals surface area contributed by atoms with Crippen LogP contribution in [0, 0.1) is 5.92 Å². The monoisotopic (exact) mass is 545 g/mol. The molecule has 1 aromatic rings. The first-order chi connectivity index (χ1) is 15.6. The van der Waals surface area contributed by atoms with E-state index in [1.165, 1.54) is 29.6 Å². The lowest BCUT2D eigenvalue weighted by Gasteiger charge is -2.37. The smallest absolute Gasteiger partial charge is 0.247 e. The fourth-order valence-electron chi connectivity index (χ4n) is 4.42. The second-order valence-electron chi connectivity index (χ2n) is 9.26. The highest BCUT2D eigenvalue weighted by atomic mass is 79.9. The normalized spacial score (nSPS) is 24.8. The van der Waals surface area contributed by atoms with Crippen molar-refractivity contribution in [2.24, 2.45) is 5.92 Å². The van der Waals surface area contributed by atoms with Crippen LogP contribution in [0.3, 0.4) is 0 Å². The Kier molecular flexibility index (Phi) is 9.19. The number of sulfonamides is 1. The highest BCUT2D eigenvalue weighted by Gasteiger charge is 2.38. The first-order valence-corrected chi connectivity index (χ1v) is 13.9. The Balaban J connectivity index is 1.78. The van der Waals surface area contributed by atoms with Gasteiger partial charge in [0.2, 0.25) is 15.9 Å². The molecule has 0 spiro atoms. The molecule has 2 aliphatic heterocycles. The third-order valence-electron chi connectivity index (χ3n) is 6.60. The van der Waals surface area contributed by atoms with Gasteiger partial charge in [0.1, 0.15) is 16.7 Å². The lowest BCUT2D eigenvalue weighted by molar-refractivity contribution is -0.131. The van der Waals surface area contributed by atoms with E-state index in [4.69, 9.17) is 4.74 Å². The van der Waals surface area contributed by atoms with Crippen molar-refractivity contribution < 1.29 is 23.1 Å². The molecule has 0 saturated carbocycles. The number of likely N-dealkylation sites (N-methyl/N-ethyl adjacent to an activating group) is 1. The number of piperidine rings is 1. The molecule has 0 radical (unpaired) electrons. The van der Waals surface area contributed by atoms with Crippen LogP contribution in [0.2, 0.25) is 0 Å². The number of hydrogen-bond acceptors (Lipinski definition) is 6. The molecule has 8 nitrogen and oxygen atoms in total. The molecule has 0 bridgehead atoms. The zero-order valence-corrected chi connectivity index (χ0v) is 22.1. The maximum Gasteiger partial charge on any atom is 0.247 e. The molecule has 10 heteroatoms. The molecule has 33 heavy (non-hydrogen) atoms. The minimum absolute atomic E-state index is 0.0566. The van der Waals surface area contributed by atoms with E-state index in [9.17, 15) is 18.3 Å². The van der Waals surface area contributed by atoms with E-state index in [2.05, 4.69) is 20.8 Å². The predicted octanol–water partition coefficient (Wildman–Crippen LogP) is 2.55. The first-order valence-electron chi connectivity index (χ1n) is 11.7. The van der Waals surface area contributed by atoms with Gasteiger partial charge in [-0.3, -0.25) is 4.79 Å². The predicted molar refractivity (Wildman–Crippen MR) is 131 cm³/mol. The van der Waals surface area contributed by atoms with E-state index in [-0.39, 0.29) is 35.6 Å². The second-order valence-corrected chi connectivity index (χ2v) is 12.0. The highest BCUT2D eigenvalue weighted by Crippen LogP contribution is 2.35. The fourth-order valence-corrected chi connectivity index (χ4v) is 6.58. The van der Waals surface area contributed by atoms with Gasteiger partial charge in [-0.15, -0.1) is 0 Å². The number of amides is 1. The molecule has 0 aromatic heterocycles. The van der Waals surface area contributed by atoms with Gasteiger partial charge < -0.3 is 19.6 Å². The van der Waals surface area contributed by atoms with Gasteiger partial charge in [0.15, 0.2) is 0 Å². The van der Waals surface area contributed by atoms with Gasteiger partial charge in [-0.25, -0.2) is 8.42 Å². The maximum atomic E-state index is 13.4. The average molecular weight is 547 g/mol. The van der Waals surface area contributed by atoms with E-state index in [1.54, 1.807) is 31.0 Å². The summed E-state index contributed by atoms with van der Waals surface area (Å²) in [6.45, 7) is 6.76. The number of fused-ring (bicyclic) bond motifs is 1. The van der Waals surface area contributed by atoms with Crippen LogP contribution in [-0.2, 0) is 14.8 Å². The Hall–Kier alpha value is -1.20. The fraction of sp³-hybridized carbons (Fsp3) is 0.696. The summed E-state index contributed by atoms with van der Waals surface area (Å²) in [6, 6.07) is 4.26. The van der Waals surface area contributed by atoms with Crippen LogP contribution in [0.1, 0.15) is 39.5 Å². The van der Waals surface area contributed by atoms with Crippen LogP contribution in [0.4, 0.5) is 0 Å². The van der Waals surface area contributed by atoms with Crippen LogP contribution >= 0.6 is 15.9 Å². The number of nitrogens with zero attached hydrogens (tertiary/aromatic N) is 3. The summed E-state index contributed by atoms with van der Waals surface area (Å²) < 4.78 is 35.0. The van der Waals surface area contributed by atoms with Crippen molar-refractivity contribution >= 4 is 31.9 Å². The zero-order chi connectivity index (χ0) is 24.2. The molecule has 1 fully saturated rings. The maximum absolute atomic E-state index is 13.4. The molecule has 3 atom stereocenters. The van der Waals surface area contributed by atoms with Crippen molar-refractivity contribution in [2.75, 3.05) is 46.4 Å². The number of carbonyl (C=O) groups excluding carboxylic acids is 1. The van der Waals surface area contributed by atoms with Gasteiger partial charge in [-0.05, 0) is 51.1 Å². The van der Waals surface area contributed by atoms with Gasteiger partial charge in [-0.2, -0.15) is 4.31 Å². The minimum Gasteiger partial charge on any atom is -0.487 e. The van der Waals surface area contributed by atoms with Crippen molar-refractivity contribution in [3.8, 4) is 5.75 Å². The number of rotatable bonds is 7. The molecule has 2 aliphatic rings. The minimum atomic E-state index is -3.85. The van der Waals surface area contributed by atoms with Crippen molar-refractivity contribution in [2.45, 2.75) is 56.6 Å². The van der Waals surface area contributed by atoms with Crippen LogP contribution < -0.4 is 4.74 Å². The Labute approximate surface area is 206 Å². The quantitative estimate of drug-likeness (QED) is 0.566. The summed E-state index contributed by atoms with van der Waals surface area (Å²) in [5.74, 6) is 0.115. The molecule has 1 N–H and O–H groups in total. The summed E-state index contributed by atoms with van der Waals surface area (Å²) in [5, 5.41) is 9.71. The lowest BCUT2D eigenvalue weighted by Crippen LogP contribution is -2.50. The van der Waals surface area contributed by atoms with E-state index in [0.29, 0.717) is 17.4 Å². The van der Waals surface area contributed by atoms with Crippen LogP contribution in [0.15, 0.2) is 27.6 Å². The molecule has 1 aromatic carbocycles. The Morgan fingerprint density at radius 2 is 2.00 bits per heavy atom. The lowest BCUT2D eigenvalue weighted by atomic mass is 10.0. The number of halogens is 1. The summed E-state index contributed by atoms with van der Waals surface area (Å²) in [7, 11) is -2.07. The number of likely N-dealkylation sites (tertiary alicyclic amines) is 1. The van der Waals surface area contributed by atoms with E-state index in [0.717, 1.165) is 19.6 Å². The van der Waals surface area contributed by atoms with Crippen molar-refractivity contribution in [3.63, 3.8) is 0 Å². The topological polar surface area (TPSA) is 90.4 Å². The first kappa shape index (κ1) is 26.4. The van der Waals surface area contributed by atoms with Gasteiger partial charge in [-0.1, -0.05) is 29.3 Å². The van der Waals surface area contributed by atoms with Crippen molar-refractivity contribution in [1.82, 2.24) is 14.1 Å². The Bertz CT molecular complexity index is 923. The molecular weight excluding hydrogens is 510 g/mol. The van der Waals surface area contributed by atoms with Crippen LogP contribution in [0.25, 0.3) is 0 Å². The summed E-state index contributed by atoms with van der Waals surface area (Å²) in [4.78, 5) is 16.9. The largest absolute Gasteiger partial charge is 0.487 e. The van der Waals surface area contributed by atoms with Crippen LogP contribution in [-0.4, -0.2) is 92.1 Å². The van der Waals surface area contributed by atoms with Crippen molar-refractivity contribution in [1.29, 1.82) is 0 Å². The molecule has 3 rings (SSSR count). The standard InChI is InChI=1S/C23H36BrN3O5S/c1-17-14-27(18(2)16-28)33(30,31)22-8-7-19(24)13-20(22)32-21(17)15-25(3)23(29)9-12-26-10-5-4-6-11-26/h7-8,13,17-18,21,28H,4-6,9-12,14-16H2,1-3H3/t17-,18-,21-/m0/s1. The number of hydrogen-bond donors (Lipinski definition) is 1. The third-order valence-corrected chi connectivity index (χ3v) is 9.11. The molecule has 0 unspecified atom stereocenters. The molecular formula is C23H36BrN3O5S. The molecule has 1 amide bonds. The Morgan fingerprint density at radius 1 is 1.30 bits per heavy atom. The highest BCUT2D eigenvalue weighted by molar-refractivity contribution is 9.10. The average Bonchev–Trinajstić information content (AvgIpc) is 2.79. The van der Waals surface area contributed by atoms with Gasteiger partial charge >= 0.3 is 0 Å². The van der Waals surface area contributed by atoms with Crippen molar-refractivity contribution in [3.05, 3.63) is 22.7 Å². The molecule has 1 saturated heterocycles. The summed E-state index contributed by atoms with van der Waals surface area (Å²) in [6.07, 6.45) is 3.71. The number of aliphatic hydroxyl groups is 1. The number of benzene rings is 1.